The number of nitrogens with zero attached hydrogens (tertiary/aromatic N) is 3. The van der Waals surface area contributed by atoms with E-state index < -0.39 is 23.3 Å². The van der Waals surface area contributed by atoms with Crippen molar-refractivity contribution >= 4 is 35.1 Å². The van der Waals surface area contributed by atoms with Crippen LogP contribution in [0.4, 0.5) is 4.39 Å². The summed E-state index contributed by atoms with van der Waals surface area (Å²) in [5, 5.41) is 10.5. The molecule has 0 aromatic carbocycles. The maximum absolute atomic E-state index is 14.7. The SMILES string of the molecule is CC(=O)N1CCC(COC2=CC3=NC(CSC4CCC(C)(O)CC4)=NC(=O)C3C(F)=C2)CC1. The van der Waals surface area contributed by atoms with E-state index in [-0.39, 0.29) is 5.91 Å². The Kier molecular flexibility index (Phi) is 7.38. The minimum atomic E-state index is -1.07. The maximum Gasteiger partial charge on any atom is 0.263 e. The quantitative estimate of drug-likeness (QED) is 0.633. The van der Waals surface area contributed by atoms with E-state index in [0.717, 1.165) is 38.5 Å². The number of carbonyl (C=O) groups is 2. The van der Waals surface area contributed by atoms with Gasteiger partial charge in [0.05, 0.1) is 23.7 Å². The number of ether oxygens (including phenoxy) is 1. The Morgan fingerprint density at radius 3 is 2.61 bits per heavy atom. The normalized spacial score (nSPS) is 30.7. The predicted octanol–water partition coefficient (Wildman–Crippen LogP) is 3.44. The molecule has 2 amide bonds. The Balaban J connectivity index is 1.33. The highest BCUT2D eigenvalue weighted by Crippen LogP contribution is 2.35. The predicted molar refractivity (Wildman–Crippen MR) is 127 cm³/mol. The van der Waals surface area contributed by atoms with Gasteiger partial charge in [-0.15, -0.1) is 0 Å². The molecule has 2 heterocycles. The first kappa shape index (κ1) is 24.1. The first-order chi connectivity index (χ1) is 15.7. The van der Waals surface area contributed by atoms with Gasteiger partial charge in [0.1, 0.15) is 23.3 Å². The van der Waals surface area contributed by atoms with Gasteiger partial charge in [0.25, 0.3) is 5.91 Å². The fourth-order valence-electron chi connectivity index (χ4n) is 4.69. The van der Waals surface area contributed by atoms with Crippen molar-refractivity contribution in [1.82, 2.24) is 4.90 Å². The smallest absolute Gasteiger partial charge is 0.263 e. The van der Waals surface area contributed by atoms with Crippen molar-refractivity contribution in [3.05, 3.63) is 23.7 Å². The molecule has 4 aliphatic rings. The zero-order valence-electron chi connectivity index (χ0n) is 19.3. The summed E-state index contributed by atoms with van der Waals surface area (Å²) in [7, 11) is 0. The molecule has 4 rings (SSSR count). The number of hydrogen-bond acceptors (Lipinski definition) is 6. The van der Waals surface area contributed by atoms with Crippen LogP contribution in [0.25, 0.3) is 0 Å². The van der Waals surface area contributed by atoms with Crippen LogP contribution in [-0.4, -0.2) is 69.7 Å². The molecule has 0 radical (unpaired) electrons. The second-order valence-corrected chi connectivity index (χ2v) is 11.0. The van der Waals surface area contributed by atoms with Crippen LogP contribution in [0, 0.1) is 11.8 Å². The fraction of sp³-hybridized carbons (Fsp3) is 0.667. The van der Waals surface area contributed by atoms with Crippen LogP contribution in [0.3, 0.4) is 0 Å². The van der Waals surface area contributed by atoms with E-state index in [9.17, 15) is 19.1 Å². The van der Waals surface area contributed by atoms with Crippen molar-refractivity contribution in [3.63, 3.8) is 0 Å². The molecule has 0 aromatic heterocycles. The third-order valence-corrected chi connectivity index (χ3v) is 8.26. The van der Waals surface area contributed by atoms with E-state index in [2.05, 4.69) is 9.98 Å². The first-order valence-electron chi connectivity index (χ1n) is 11.7. The average molecular weight is 478 g/mol. The second kappa shape index (κ2) is 10.1. The van der Waals surface area contributed by atoms with Crippen LogP contribution >= 0.6 is 11.8 Å². The molecule has 0 bridgehead atoms. The van der Waals surface area contributed by atoms with Gasteiger partial charge in [0.15, 0.2) is 0 Å². The van der Waals surface area contributed by atoms with Gasteiger partial charge in [-0.2, -0.15) is 16.8 Å². The van der Waals surface area contributed by atoms with E-state index >= 15 is 0 Å². The zero-order chi connectivity index (χ0) is 23.6. The molecule has 2 aliphatic heterocycles. The maximum atomic E-state index is 14.7. The van der Waals surface area contributed by atoms with Gasteiger partial charge in [0.2, 0.25) is 5.91 Å². The van der Waals surface area contributed by atoms with Gasteiger partial charge in [-0.1, -0.05) is 0 Å². The number of likely N-dealkylation sites (tertiary alicyclic amines) is 1. The largest absolute Gasteiger partial charge is 0.493 e. The zero-order valence-corrected chi connectivity index (χ0v) is 20.1. The van der Waals surface area contributed by atoms with E-state index in [1.165, 1.54) is 6.08 Å². The molecule has 0 aromatic rings. The fourth-order valence-corrected chi connectivity index (χ4v) is 5.77. The summed E-state index contributed by atoms with van der Waals surface area (Å²) in [6.45, 7) is 5.32. The van der Waals surface area contributed by atoms with Crippen LogP contribution in [0.5, 0.6) is 0 Å². The number of rotatable bonds is 6. The van der Waals surface area contributed by atoms with Gasteiger partial charge in [-0.05, 0) is 51.4 Å². The van der Waals surface area contributed by atoms with Gasteiger partial charge in [0, 0.05) is 37.4 Å². The highest BCUT2D eigenvalue weighted by molar-refractivity contribution is 8.00. The lowest BCUT2D eigenvalue weighted by molar-refractivity contribution is -0.130. The van der Waals surface area contributed by atoms with Crippen molar-refractivity contribution in [2.45, 2.75) is 63.2 Å². The third-order valence-electron chi connectivity index (χ3n) is 6.89. The number of halogens is 1. The highest BCUT2D eigenvalue weighted by Gasteiger charge is 2.35. The number of hydrogen-bond donors (Lipinski definition) is 1. The summed E-state index contributed by atoms with van der Waals surface area (Å²) in [5.41, 5.74) is -0.237. The minimum absolute atomic E-state index is 0.0892. The van der Waals surface area contributed by atoms with Gasteiger partial charge in [-0.3, -0.25) is 9.59 Å². The number of amides is 2. The topological polar surface area (TPSA) is 91.6 Å². The molecule has 0 spiro atoms. The molecular weight excluding hydrogens is 445 g/mol. The van der Waals surface area contributed by atoms with Crippen molar-refractivity contribution in [1.29, 1.82) is 0 Å². The lowest BCUT2D eigenvalue weighted by Gasteiger charge is -2.32. The third kappa shape index (κ3) is 6.12. The number of aliphatic hydroxyl groups is 1. The second-order valence-electron chi connectivity index (χ2n) is 9.68. The molecule has 9 heteroatoms. The number of aliphatic imine (C=N–C) groups is 2. The summed E-state index contributed by atoms with van der Waals surface area (Å²) < 4.78 is 20.6. The summed E-state index contributed by atoms with van der Waals surface area (Å²) in [4.78, 5) is 34.3. The number of amidine groups is 1. The Hall–Kier alpha value is -2.00. The van der Waals surface area contributed by atoms with Crippen LogP contribution in [-0.2, 0) is 14.3 Å². The van der Waals surface area contributed by atoms with Crippen molar-refractivity contribution in [2.75, 3.05) is 25.4 Å². The van der Waals surface area contributed by atoms with E-state index in [4.69, 9.17) is 4.74 Å². The average Bonchev–Trinajstić information content (AvgIpc) is 2.76. The Morgan fingerprint density at radius 1 is 1.24 bits per heavy atom. The highest BCUT2D eigenvalue weighted by atomic mass is 32.2. The summed E-state index contributed by atoms with van der Waals surface area (Å²) in [6.07, 6.45) is 7.97. The molecule has 1 unspecified atom stereocenters. The van der Waals surface area contributed by atoms with Gasteiger partial charge >= 0.3 is 0 Å². The van der Waals surface area contributed by atoms with E-state index in [1.807, 2.05) is 11.8 Å². The van der Waals surface area contributed by atoms with E-state index in [1.54, 1.807) is 24.8 Å². The number of allylic oxidation sites excluding steroid dienone is 2. The van der Waals surface area contributed by atoms with Crippen molar-refractivity contribution < 1.29 is 23.8 Å². The molecule has 1 saturated carbocycles. The minimum Gasteiger partial charge on any atom is -0.493 e. The number of carbonyl (C=O) groups excluding carboxylic acids is 2. The molecular formula is C24H32FN3O4S. The van der Waals surface area contributed by atoms with Crippen molar-refractivity contribution in [3.8, 4) is 0 Å². The van der Waals surface area contributed by atoms with Crippen molar-refractivity contribution in [2.24, 2.45) is 21.8 Å². The lowest BCUT2D eigenvalue weighted by Crippen LogP contribution is -2.38. The van der Waals surface area contributed by atoms with Gasteiger partial charge in [-0.25, -0.2) is 9.38 Å². The first-order valence-corrected chi connectivity index (χ1v) is 12.8. The summed E-state index contributed by atoms with van der Waals surface area (Å²) in [6, 6.07) is 0. The number of fused-ring (bicyclic) bond motifs is 1. The Labute approximate surface area is 198 Å². The standard InChI is InChI=1S/C24H32FN3O4S/c1-15(29)28-9-5-16(6-10-28)13-32-17-11-19(25)22-20(12-17)26-21(27-23(22)30)14-33-18-3-7-24(2,31)8-4-18/h11-12,16,18,22,31H,3-10,13-14H2,1-2H3. The molecule has 7 nitrogen and oxygen atoms in total. The molecule has 2 aliphatic carbocycles. The van der Waals surface area contributed by atoms with Crippen LogP contribution in [0.15, 0.2) is 33.7 Å². The van der Waals surface area contributed by atoms with Crippen LogP contribution in [0.2, 0.25) is 0 Å². The number of thioether (sulfide) groups is 1. The summed E-state index contributed by atoms with van der Waals surface area (Å²) in [5.74, 6) is -0.533. The van der Waals surface area contributed by atoms with Gasteiger partial charge < -0.3 is 14.7 Å². The molecule has 1 N–H and O–H groups in total. The summed E-state index contributed by atoms with van der Waals surface area (Å²) >= 11 is 1.69. The lowest BCUT2D eigenvalue weighted by atomic mass is 9.86. The molecule has 2 fully saturated rings. The molecule has 180 valence electrons. The Bertz CT molecular complexity index is 909. The molecule has 1 saturated heterocycles. The Morgan fingerprint density at radius 2 is 1.94 bits per heavy atom. The molecule has 1 atom stereocenters. The number of piperidine rings is 1. The van der Waals surface area contributed by atoms with Crippen LogP contribution in [0.1, 0.15) is 52.4 Å². The van der Waals surface area contributed by atoms with Crippen LogP contribution < -0.4 is 0 Å². The van der Waals surface area contributed by atoms with E-state index in [0.29, 0.717) is 53.9 Å². The molecule has 33 heavy (non-hydrogen) atoms. The monoisotopic (exact) mass is 477 g/mol.